The molecule has 1 amide bonds. The largest absolute Gasteiger partial charge is 0.465 e. The molecule has 3 rings (SSSR count). The van der Waals surface area contributed by atoms with Crippen LogP contribution in [0.25, 0.3) is 5.69 Å². The minimum Gasteiger partial charge on any atom is -0.465 e. The van der Waals surface area contributed by atoms with Crippen molar-refractivity contribution in [2.45, 2.75) is 43.2 Å². The van der Waals surface area contributed by atoms with Crippen LogP contribution < -0.4 is 5.32 Å². The molecule has 30 heavy (non-hydrogen) atoms. The molecule has 2 N–H and O–H groups in total. The van der Waals surface area contributed by atoms with Gasteiger partial charge in [-0.05, 0) is 35.7 Å². The topological polar surface area (TPSA) is 80.0 Å². The van der Waals surface area contributed by atoms with Gasteiger partial charge in [0.25, 0.3) is 0 Å². The molecule has 0 aliphatic carbocycles. The average molecular weight is 449 g/mol. The molecule has 1 aromatic carbocycles. The zero-order chi connectivity index (χ0) is 21.9. The lowest BCUT2D eigenvalue weighted by atomic mass is 9.84. The fourth-order valence-corrected chi connectivity index (χ4v) is 3.98. The Kier molecular flexibility index (Phi) is 6.67. The van der Waals surface area contributed by atoms with Gasteiger partial charge in [-0.3, -0.25) is 4.98 Å². The SMILES string of the molecule is CC(C)(C)C(Cc1cc(Sc2cccnc2)n(-c2cc(F)ccc2Cl)n1)NC(=O)O. The lowest BCUT2D eigenvalue weighted by Gasteiger charge is -2.29. The molecule has 0 saturated heterocycles. The van der Waals surface area contributed by atoms with E-state index in [9.17, 15) is 14.3 Å². The van der Waals surface area contributed by atoms with E-state index in [2.05, 4.69) is 15.4 Å². The van der Waals surface area contributed by atoms with Gasteiger partial charge < -0.3 is 10.4 Å². The Balaban J connectivity index is 2.03. The average Bonchev–Trinajstić information content (AvgIpc) is 3.05. The van der Waals surface area contributed by atoms with Crippen molar-refractivity contribution in [3.63, 3.8) is 0 Å². The minimum absolute atomic E-state index is 0.324. The molecule has 0 spiro atoms. The number of hydrogen-bond donors (Lipinski definition) is 2. The van der Waals surface area contributed by atoms with Crippen molar-refractivity contribution in [1.82, 2.24) is 20.1 Å². The first-order chi connectivity index (χ1) is 14.1. The molecule has 2 heterocycles. The van der Waals surface area contributed by atoms with Crippen LogP contribution in [0.4, 0.5) is 9.18 Å². The van der Waals surface area contributed by atoms with Gasteiger partial charge in [-0.15, -0.1) is 0 Å². The fourth-order valence-electron chi connectivity index (χ4n) is 2.86. The van der Waals surface area contributed by atoms with Gasteiger partial charge in [-0.25, -0.2) is 13.9 Å². The van der Waals surface area contributed by atoms with E-state index < -0.39 is 11.9 Å². The summed E-state index contributed by atoms with van der Waals surface area (Å²) in [6.07, 6.45) is 2.68. The van der Waals surface area contributed by atoms with Gasteiger partial charge in [0.15, 0.2) is 0 Å². The molecule has 3 aromatic rings. The van der Waals surface area contributed by atoms with E-state index >= 15 is 0 Å². The molecule has 9 heteroatoms. The predicted molar refractivity (Wildman–Crippen MR) is 115 cm³/mol. The van der Waals surface area contributed by atoms with Gasteiger partial charge in [-0.1, -0.05) is 44.1 Å². The molecule has 2 aromatic heterocycles. The number of nitrogens with one attached hydrogen (secondary N) is 1. The van der Waals surface area contributed by atoms with E-state index in [4.69, 9.17) is 11.6 Å². The summed E-state index contributed by atoms with van der Waals surface area (Å²) >= 11 is 7.74. The number of pyridine rings is 1. The second-order valence-corrected chi connectivity index (χ2v) is 9.35. The summed E-state index contributed by atoms with van der Waals surface area (Å²) < 4.78 is 15.5. The Bertz CT molecular complexity index is 1040. The first-order valence-corrected chi connectivity index (χ1v) is 10.4. The van der Waals surface area contributed by atoms with Crippen LogP contribution in [0.5, 0.6) is 0 Å². The standard InChI is InChI=1S/C21H22ClFN4O2S/c1-21(2,3)18(25-20(28)29)10-14-11-19(30-15-5-4-8-24-12-15)27(26-14)17-9-13(23)6-7-16(17)22/h4-9,11-12,18,25H,10H2,1-3H3,(H,28,29). The molecule has 0 saturated carbocycles. The Morgan fingerprint density at radius 2 is 2.10 bits per heavy atom. The normalized spacial score (nSPS) is 12.6. The number of amides is 1. The first kappa shape index (κ1) is 22.1. The maximum Gasteiger partial charge on any atom is 0.404 e. The number of carbonyl (C=O) groups is 1. The molecule has 0 fully saturated rings. The van der Waals surface area contributed by atoms with Crippen molar-refractivity contribution in [2.75, 3.05) is 0 Å². The molecule has 6 nitrogen and oxygen atoms in total. The Morgan fingerprint density at radius 3 is 2.73 bits per heavy atom. The van der Waals surface area contributed by atoms with Crippen molar-refractivity contribution in [2.24, 2.45) is 5.41 Å². The molecule has 158 valence electrons. The second kappa shape index (κ2) is 9.06. The van der Waals surface area contributed by atoms with Crippen molar-refractivity contribution in [1.29, 1.82) is 0 Å². The summed E-state index contributed by atoms with van der Waals surface area (Å²) in [4.78, 5) is 16.3. The van der Waals surface area contributed by atoms with Gasteiger partial charge in [0, 0.05) is 35.8 Å². The number of halogens is 2. The maximum absolute atomic E-state index is 13.9. The Hall–Kier alpha value is -2.58. The smallest absolute Gasteiger partial charge is 0.404 e. The first-order valence-electron chi connectivity index (χ1n) is 9.25. The molecule has 0 aliphatic rings. The Labute approximate surface area is 183 Å². The van der Waals surface area contributed by atoms with Crippen LogP contribution in [0.1, 0.15) is 26.5 Å². The van der Waals surface area contributed by atoms with Crippen LogP contribution in [0.3, 0.4) is 0 Å². The van der Waals surface area contributed by atoms with E-state index in [1.54, 1.807) is 17.1 Å². The van der Waals surface area contributed by atoms with E-state index in [0.717, 1.165) is 4.90 Å². The zero-order valence-electron chi connectivity index (χ0n) is 16.8. The van der Waals surface area contributed by atoms with Crippen LogP contribution in [-0.2, 0) is 6.42 Å². The molecule has 1 atom stereocenters. The third-order valence-electron chi connectivity index (χ3n) is 4.48. The maximum atomic E-state index is 13.9. The van der Waals surface area contributed by atoms with Crippen LogP contribution in [-0.4, -0.2) is 32.0 Å². The summed E-state index contributed by atoms with van der Waals surface area (Å²) in [5.74, 6) is -0.427. The summed E-state index contributed by atoms with van der Waals surface area (Å²) in [5.41, 5.74) is 0.748. The van der Waals surface area contributed by atoms with Crippen molar-refractivity contribution >= 4 is 29.5 Å². The second-order valence-electron chi connectivity index (χ2n) is 7.84. The van der Waals surface area contributed by atoms with Crippen molar-refractivity contribution in [3.8, 4) is 5.69 Å². The van der Waals surface area contributed by atoms with E-state index in [1.807, 2.05) is 39.0 Å². The number of carboxylic acid groups (broad SMARTS) is 1. The van der Waals surface area contributed by atoms with Crippen LogP contribution in [0.2, 0.25) is 5.02 Å². The molecule has 0 aliphatic heterocycles. The highest BCUT2D eigenvalue weighted by Gasteiger charge is 2.28. The third-order valence-corrected chi connectivity index (χ3v) is 5.77. The number of aromatic nitrogens is 3. The van der Waals surface area contributed by atoms with E-state index in [-0.39, 0.29) is 11.5 Å². The lowest BCUT2D eigenvalue weighted by Crippen LogP contribution is -2.44. The minimum atomic E-state index is -1.09. The quantitative estimate of drug-likeness (QED) is 0.525. The van der Waals surface area contributed by atoms with Crippen molar-refractivity contribution < 1.29 is 14.3 Å². The van der Waals surface area contributed by atoms with Crippen LogP contribution in [0.15, 0.2) is 58.7 Å². The monoisotopic (exact) mass is 448 g/mol. The van der Waals surface area contributed by atoms with Gasteiger partial charge in [0.05, 0.1) is 16.4 Å². The summed E-state index contributed by atoms with van der Waals surface area (Å²) in [7, 11) is 0. The molecule has 0 bridgehead atoms. The third kappa shape index (κ3) is 5.52. The Morgan fingerprint density at radius 1 is 1.33 bits per heavy atom. The highest BCUT2D eigenvalue weighted by molar-refractivity contribution is 7.99. The fraction of sp³-hybridized carbons (Fsp3) is 0.286. The summed E-state index contributed by atoms with van der Waals surface area (Å²) in [5, 5.41) is 17.5. The predicted octanol–water partition coefficient (Wildman–Crippen LogP) is 5.44. The van der Waals surface area contributed by atoms with E-state index in [1.165, 1.54) is 30.0 Å². The van der Waals surface area contributed by atoms with Crippen LogP contribution in [0, 0.1) is 11.2 Å². The zero-order valence-corrected chi connectivity index (χ0v) is 18.3. The van der Waals surface area contributed by atoms with Gasteiger partial charge >= 0.3 is 6.09 Å². The number of benzene rings is 1. The van der Waals surface area contributed by atoms with Crippen molar-refractivity contribution in [3.05, 3.63) is 65.3 Å². The summed E-state index contributed by atoms with van der Waals surface area (Å²) in [6.45, 7) is 5.87. The molecular formula is C21H22ClFN4O2S. The number of hydrogen-bond acceptors (Lipinski definition) is 4. The van der Waals surface area contributed by atoms with E-state index in [0.29, 0.717) is 27.9 Å². The lowest BCUT2D eigenvalue weighted by molar-refractivity contribution is 0.174. The van der Waals surface area contributed by atoms with Gasteiger partial charge in [-0.2, -0.15) is 5.10 Å². The number of nitrogens with zero attached hydrogens (tertiary/aromatic N) is 3. The molecular weight excluding hydrogens is 427 g/mol. The van der Waals surface area contributed by atoms with Gasteiger partial charge in [0.2, 0.25) is 0 Å². The highest BCUT2D eigenvalue weighted by atomic mass is 35.5. The molecule has 1 unspecified atom stereocenters. The summed E-state index contributed by atoms with van der Waals surface area (Å²) in [6, 6.07) is 9.33. The number of rotatable bonds is 6. The van der Waals surface area contributed by atoms with Gasteiger partial charge in [0.1, 0.15) is 10.8 Å². The molecule has 0 radical (unpaired) electrons. The van der Waals surface area contributed by atoms with Crippen LogP contribution >= 0.6 is 23.4 Å². The highest BCUT2D eigenvalue weighted by Crippen LogP contribution is 2.33.